The first-order chi connectivity index (χ1) is 8.93. The van der Waals surface area contributed by atoms with Crippen LogP contribution in [-0.2, 0) is 4.79 Å². The second kappa shape index (κ2) is 5.39. The number of carbonyl (C=O) groups is 2. The Kier molecular flexibility index (Phi) is 4.02. The maximum atomic E-state index is 12.7. The molecule has 0 aromatic rings. The van der Waals surface area contributed by atoms with E-state index in [1.54, 1.807) is 4.90 Å². The third-order valence-electron chi connectivity index (χ3n) is 4.61. The van der Waals surface area contributed by atoms with Crippen LogP contribution in [0.4, 0.5) is 4.79 Å². The SMILES string of the molecule is CC1CCN(C(=O)N2[C@H](C)CCC[C@@H]2C)C1C(=O)O. The highest BCUT2D eigenvalue weighted by Crippen LogP contribution is 2.29. The Hall–Kier alpha value is -1.26. The zero-order valence-corrected chi connectivity index (χ0v) is 12.0. The van der Waals surface area contributed by atoms with Crippen LogP contribution in [0.5, 0.6) is 0 Å². The van der Waals surface area contributed by atoms with Gasteiger partial charge in [-0.25, -0.2) is 9.59 Å². The van der Waals surface area contributed by atoms with Gasteiger partial charge in [-0.05, 0) is 45.4 Å². The molecule has 5 nitrogen and oxygen atoms in total. The summed E-state index contributed by atoms with van der Waals surface area (Å²) in [5.74, 6) is -0.840. The molecule has 4 atom stereocenters. The van der Waals surface area contributed by atoms with Crippen LogP contribution in [0.1, 0.15) is 46.5 Å². The number of urea groups is 1. The van der Waals surface area contributed by atoms with Crippen molar-refractivity contribution in [3.8, 4) is 0 Å². The molecule has 2 saturated heterocycles. The number of hydrogen-bond acceptors (Lipinski definition) is 2. The molecule has 108 valence electrons. The Bertz CT molecular complexity index is 362. The molecule has 2 aliphatic heterocycles. The molecule has 2 fully saturated rings. The van der Waals surface area contributed by atoms with Crippen molar-refractivity contribution in [3.63, 3.8) is 0 Å². The number of carboxylic acids is 1. The zero-order chi connectivity index (χ0) is 14.2. The molecule has 5 heteroatoms. The second-order valence-corrected chi connectivity index (χ2v) is 6.06. The molecule has 1 N–H and O–H groups in total. The second-order valence-electron chi connectivity index (χ2n) is 6.06. The van der Waals surface area contributed by atoms with Gasteiger partial charge in [0.1, 0.15) is 6.04 Å². The van der Waals surface area contributed by atoms with E-state index in [1.165, 1.54) is 0 Å². The summed E-state index contributed by atoms with van der Waals surface area (Å²) in [7, 11) is 0. The van der Waals surface area contributed by atoms with Crippen LogP contribution in [0, 0.1) is 5.92 Å². The smallest absolute Gasteiger partial charge is 0.326 e. The van der Waals surface area contributed by atoms with Crippen LogP contribution in [0.15, 0.2) is 0 Å². The molecule has 0 aliphatic carbocycles. The molecule has 2 rings (SSSR count). The summed E-state index contributed by atoms with van der Waals surface area (Å²) in [5.41, 5.74) is 0. The summed E-state index contributed by atoms with van der Waals surface area (Å²) in [6.45, 7) is 6.59. The molecule has 2 heterocycles. The average molecular weight is 268 g/mol. The van der Waals surface area contributed by atoms with E-state index in [9.17, 15) is 14.7 Å². The van der Waals surface area contributed by atoms with Crippen molar-refractivity contribution in [2.24, 2.45) is 5.92 Å². The molecule has 0 spiro atoms. The van der Waals surface area contributed by atoms with Crippen LogP contribution < -0.4 is 0 Å². The normalized spacial score (nSPS) is 35.5. The van der Waals surface area contributed by atoms with Gasteiger partial charge in [-0.15, -0.1) is 0 Å². The van der Waals surface area contributed by atoms with Gasteiger partial charge in [0.2, 0.25) is 0 Å². The number of carboxylic acid groups (broad SMARTS) is 1. The maximum Gasteiger partial charge on any atom is 0.326 e. The summed E-state index contributed by atoms with van der Waals surface area (Å²) in [6.07, 6.45) is 3.94. The topological polar surface area (TPSA) is 60.9 Å². The predicted molar refractivity (Wildman–Crippen MR) is 71.9 cm³/mol. The van der Waals surface area contributed by atoms with E-state index in [0.717, 1.165) is 25.7 Å². The van der Waals surface area contributed by atoms with E-state index in [1.807, 2.05) is 11.8 Å². The van der Waals surface area contributed by atoms with Crippen molar-refractivity contribution in [2.75, 3.05) is 6.54 Å². The highest BCUT2D eigenvalue weighted by molar-refractivity contribution is 5.84. The molecular weight excluding hydrogens is 244 g/mol. The van der Waals surface area contributed by atoms with Crippen LogP contribution in [0.2, 0.25) is 0 Å². The first kappa shape index (κ1) is 14.2. The van der Waals surface area contributed by atoms with Gasteiger partial charge < -0.3 is 14.9 Å². The van der Waals surface area contributed by atoms with Crippen molar-refractivity contribution in [3.05, 3.63) is 0 Å². The van der Waals surface area contributed by atoms with Crippen LogP contribution in [0.25, 0.3) is 0 Å². The Morgan fingerprint density at radius 3 is 2.16 bits per heavy atom. The van der Waals surface area contributed by atoms with Crippen molar-refractivity contribution >= 4 is 12.0 Å². The van der Waals surface area contributed by atoms with E-state index in [0.29, 0.717) is 6.54 Å². The van der Waals surface area contributed by atoms with E-state index in [2.05, 4.69) is 13.8 Å². The number of aliphatic carboxylic acids is 1. The molecule has 0 bridgehead atoms. The molecule has 0 aromatic carbocycles. The van der Waals surface area contributed by atoms with Crippen LogP contribution >= 0.6 is 0 Å². The summed E-state index contributed by atoms with van der Waals surface area (Å²) < 4.78 is 0. The Morgan fingerprint density at radius 2 is 1.63 bits per heavy atom. The number of hydrogen-bond donors (Lipinski definition) is 1. The van der Waals surface area contributed by atoms with Crippen LogP contribution in [0.3, 0.4) is 0 Å². The van der Waals surface area contributed by atoms with E-state index >= 15 is 0 Å². The monoisotopic (exact) mass is 268 g/mol. The quantitative estimate of drug-likeness (QED) is 0.792. The molecule has 2 aliphatic rings. The maximum absolute atomic E-state index is 12.7. The third-order valence-corrected chi connectivity index (χ3v) is 4.61. The van der Waals surface area contributed by atoms with Gasteiger partial charge in [0.15, 0.2) is 0 Å². The van der Waals surface area contributed by atoms with Gasteiger partial charge in [0, 0.05) is 18.6 Å². The summed E-state index contributed by atoms with van der Waals surface area (Å²) >= 11 is 0. The number of nitrogens with zero attached hydrogens (tertiary/aromatic N) is 2. The zero-order valence-electron chi connectivity index (χ0n) is 12.0. The van der Waals surface area contributed by atoms with Crippen molar-refractivity contribution in [2.45, 2.75) is 64.6 Å². The molecule has 0 aromatic heterocycles. The van der Waals surface area contributed by atoms with Crippen LogP contribution in [-0.4, -0.2) is 51.6 Å². The highest BCUT2D eigenvalue weighted by Gasteiger charge is 2.43. The van der Waals surface area contributed by atoms with E-state index < -0.39 is 12.0 Å². The Balaban J connectivity index is 2.16. The van der Waals surface area contributed by atoms with Gasteiger partial charge in [-0.2, -0.15) is 0 Å². The van der Waals surface area contributed by atoms with Gasteiger partial charge in [-0.3, -0.25) is 0 Å². The Morgan fingerprint density at radius 1 is 1.05 bits per heavy atom. The van der Waals surface area contributed by atoms with Crippen molar-refractivity contribution < 1.29 is 14.7 Å². The molecule has 0 radical (unpaired) electrons. The minimum absolute atomic E-state index is 0.0388. The van der Waals surface area contributed by atoms with Gasteiger partial charge in [0.05, 0.1) is 0 Å². The van der Waals surface area contributed by atoms with Gasteiger partial charge >= 0.3 is 12.0 Å². The standard InChI is InChI=1S/C14H24N2O3/c1-9-7-8-15(12(9)13(17)18)14(19)16-10(2)5-4-6-11(16)3/h9-12H,4-8H2,1-3H3,(H,17,18)/t9?,10-,11+,12?. The molecular formula is C14H24N2O3. The minimum Gasteiger partial charge on any atom is -0.480 e. The average Bonchev–Trinajstić information content (AvgIpc) is 2.70. The lowest BCUT2D eigenvalue weighted by Crippen LogP contribution is -2.55. The fraction of sp³-hybridized carbons (Fsp3) is 0.857. The summed E-state index contributed by atoms with van der Waals surface area (Å²) in [4.78, 5) is 27.5. The number of piperidine rings is 1. The number of likely N-dealkylation sites (tertiary alicyclic amines) is 2. The molecule has 2 amide bonds. The number of rotatable bonds is 1. The minimum atomic E-state index is -0.879. The number of amides is 2. The van der Waals surface area contributed by atoms with Gasteiger partial charge in [0.25, 0.3) is 0 Å². The van der Waals surface area contributed by atoms with Gasteiger partial charge in [-0.1, -0.05) is 6.92 Å². The van der Waals surface area contributed by atoms with Crippen molar-refractivity contribution in [1.82, 2.24) is 9.80 Å². The fourth-order valence-corrected chi connectivity index (χ4v) is 3.48. The molecule has 2 unspecified atom stereocenters. The first-order valence-corrected chi connectivity index (χ1v) is 7.25. The molecule has 19 heavy (non-hydrogen) atoms. The van der Waals surface area contributed by atoms with E-state index in [-0.39, 0.29) is 24.0 Å². The Labute approximate surface area is 114 Å². The van der Waals surface area contributed by atoms with Crippen molar-refractivity contribution in [1.29, 1.82) is 0 Å². The van der Waals surface area contributed by atoms with E-state index in [4.69, 9.17) is 0 Å². The highest BCUT2D eigenvalue weighted by atomic mass is 16.4. The number of carbonyl (C=O) groups excluding carboxylic acids is 1. The lowest BCUT2D eigenvalue weighted by atomic mass is 9.98. The third kappa shape index (κ3) is 2.55. The lowest BCUT2D eigenvalue weighted by Gasteiger charge is -2.42. The summed E-state index contributed by atoms with van der Waals surface area (Å²) in [6, 6.07) is -0.325. The molecule has 0 saturated carbocycles. The first-order valence-electron chi connectivity index (χ1n) is 7.25. The fourth-order valence-electron chi connectivity index (χ4n) is 3.48. The predicted octanol–water partition coefficient (Wildman–Crippen LogP) is 2.16. The largest absolute Gasteiger partial charge is 0.480 e. The lowest BCUT2D eigenvalue weighted by molar-refractivity contribution is -0.142. The summed E-state index contributed by atoms with van der Waals surface area (Å²) in [5, 5.41) is 9.32.